The molecule has 1 N–H and O–H groups in total. The number of anilines is 1. The number of rotatable bonds is 3. The maximum absolute atomic E-state index is 12.9. The molecule has 0 aliphatic rings. The second-order valence-corrected chi connectivity index (χ2v) is 3.83. The first-order valence-corrected chi connectivity index (χ1v) is 5.75. The number of nitrogens with zero attached hydrogens (tertiary/aromatic N) is 2. The van der Waals surface area contributed by atoms with Crippen molar-refractivity contribution in [2.45, 2.75) is 6.92 Å². The highest BCUT2D eigenvalue weighted by Gasteiger charge is 2.17. The molecule has 0 saturated heterocycles. The van der Waals surface area contributed by atoms with Gasteiger partial charge in [0.05, 0.1) is 0 Å². The Kier molecular flexibility index (Phi) is 3.70. The fourth-order valence-electron chi connectivity index (χ4n) is 1.67. The molecule has 0 bridgehead atoms. The number of hydrogen-bond acceptors (Lipinski definition) is 3. The number of aromatic amines is 1. The Morgan fingerprint density at radius 3 is 2.47 bits per heavy atom. The van der Waals surface area contributed by atoms with Crippen molar-refractivity contribution in [1.29, 1.82) is 0 Å². The highest BCUT2D eigenvalue weighted by atomic mass is 19.1. The van der Waals surface area contributed by atoms with Crippen LogP contribution in [0.25, 0.3) is 0 Å². The zero-order valence-electron chi connectivity index (χ0n) is 10.3. The number of carbonyl (C=O) groups excluding carboxylic acids is 1. The molecule has 0 fully saturated rings. The normalized spacial score (nSPS) is 10.2. The van der Waals surface area contributed by atoms with E-state index in [-0.39, 0.29) is 23.0 Å². The van der Waals surface area contributed by atoms with Gasteiger partial charge in [0.25, 0.3) is 11.5 Å². The molecule has 0 radical (unpaired) electrons. The van der Waals surface area contributed by atoms with Crippen LogP contribution in [0.3, 0.4) is 0 Å². The minimum Gasteiger partial charge on any atom is -0.307 e. The lowest BCUT2D eigenvalue weighted by atomic mass is 10.2. The number of halogens is 1. The molecule has 1 heterocycles. The maximum Gasteiger partial charge on any atom is 0.278 e. The maximum atomic E-state index is 12.9. The van der Waals surface area contributed by atoms with Gasteiger partial charge < -0.3 is 4.90 Å². The Morgan fingerprint density at radius 1 is 1.26 bits per heavy atom. The summed E-state index contributed by atoms with van der Waals surface area (Å²) in [5.74, 6) is -0.722. The van der Waals surface area contributed by atoms with Crippen molar-refractivity contribution in [1.82, 2.24) is 10.2 Å². The standard InChI is InChI=1S/C13H12FN3O2/c1-2-17(10-5-3-9(14)4-6-10)13(19)11-7-8-12(18)16-15-11/h3-8H,2H2,1H3,(H,16,18). The van der Waals surface area contributed by atoms with Gasteiger partial charge in [0.2, 0.25) is 0 Å². The lowest BCUT2D eigenvalue weighted by Gasteiger charge is -2.20. The molecule has 0 aliphatic carbocycles. The molecule has 2 rings (SSSR count). The summed E-state index contributed by atoms with van der Waals surface area (Å²) >= 11 is 0. The minimum atomic E-state index is -0.374. The molecule has 0 spiro atoms. The number of hydrogen-bond donors (Lipinski definition) is 1. The van der Waals surface area contributed by atoms with E-state index in [1.54, 1.807) is 6.92 Å². The second-order valence-electron chi connectivity index (χ2n) is 3.83. The predicted octanol–water partition coefficient (Wildman–Crippen LogP) is 1.58. The molecule has 98 valence electrons. The topological polar surface area (TPSA) is 66.1 Å². The summed E-state index contributed by atoms with van der Waals surface area (Å²) in [6.45, 7) is 2.21. The Morgan fingerprint density at radius 2 is 1.95 bits per heavy atom. The molecule has 0 aliphatic heterocycles. The zero-order valence-corrected chi connectivity index (χ0v) is 10.3. The molecule has 19 heavy (non-hydrogen) atoms. The minimum absolute atomic E-state index is 0.130. The number of aromatic nitrogens is 2. The van der Waals surface area contributed by atoms with Crippen LogP contribution in [0.2, 0.25) is 0 Å². The van der Waals surface area contributed by atoms with Crippen LogP contribution in [0.4, 0.5) is 10.1 Å². The average Bonchev–Trinajstić information content (AvgIpc) is 2.42. The number of benzene rings is 1. The van der Waals surface area contributed by atoms with E-state index < -0.39 is 0 Å². The first-order chi connectivity index (χ1) is 9.11. The van der Waals surface area contributed by atoms with Crippen molar-refractivity contribution >= 4 is 11.6 Å². The fraction of sp³-hybridized carbons (Fsp3) is 0.154. The van der Waals surface area contributed by atoms with Gasteiger partial charge in [-0.3, -0.25) is 9.59 Å². The summed E-state index contributed by atoms with van der Waals surface area (Å²) in [5.41, 5.74) is 0.328. The van der Waals surface area contributed by atoms with Crippen molar-refractivity contribution < 1.29 is 9.18 Å². The van der Waals surface area contributed by atoms with Crippen LogP contribution >= 0.6 is 0 Å². The van der Waals surface area contributed by atoms with Gasteiger partial charge in [0, 0.05) is 18.3 Å². The Bertz CT molecular complexity index is 617. The highest BCUT2D eigenvalue weighted by Crippen LogP contribution is 2.16. The van der Waals surface area contributed by atoms with Gasteiger partial charge >= 0.3 is 0 Å². The van der Waals surface area contributed by atoms with E-state index in [4.69, 9.17) is 0 Å². The second kappa shape index (κ2) is 5.43. The average molecular weight is 261 g/mol. The van der Waals surface area contributed by atoms with Crippen LogP contribution in [-0.2, 0) is 0 Å². The molecule has 0 atom stereocenters. The Hall–Kier alpha value is -2.50. The third-order valence-corrected chi connectivity index (χ3v) is 2.60. The molecule has 6 heteroatoms. The first kappa shape index (κ1) is 12.9. The van der Waals surface area contributed by atoms with E-state index in [9.17, 15) is 14.0 Å². The molecule has 1 amide bonds. The van der Waals surface area contributed by atoms with Crippen molar-refractivity contribution in [3.8, 4) is 0 Å². The highest BCUT2D eigenvalue weighted by molar-refractivity contribution is 6.04. The van der Waals surface area contributed by atoms with Gasteiger partial charge in [0.15, 0.2) is 0 Å². The molecule has 1 aromatic heterocycles. The summed E-state index contributed by atoms with van der Waals surface area (Å²) in [5, 5.41) is 5.89. The smallest absolute Gasteiger partial charge is 0.278 e. The summed E-state index contributed by atoms with van der Waals surface area (Å²) in [4.78, 5) is 24.6. The quantitative estimate of drug-likeness (QED) is 0.912. The van der Waals surface area contributed by atoms with Crippen LogP contribution in [0, 0.1) is 5.82 Å². The first-order valence-electron chi connectivity index (χ1n) is 5.75. The van der Waals surface area contributed by atoms with Crippen LogP contribution in [0.1, 0.15) is 17.4 Å². The summed E-state index contributed by atoms with van der Waals surface area (Å²) < 4.78 is 12.9. The molecular weight excluding hydrogens is 249 g/mol. The van der Waals surface area contributed by atoms with E-state index in [0.717, 1.165) is 0 Å². The largest absolute Gasteiger partial charge is 0.307 e. The molecular formula is C13H12FN3O2. The van der Waals surface area contributed by atoms with E-state index >= 15 is 0 Å². The molecule has 1 aromatic carbocycles. The third kappa shape index (κ3) is 2.85. The number of nitrogens with one attached hydrogen (secondary N) is 1. The van der Waals surface area contributed by atoms with E-state index in [1.165, 1.54) is 41.3 Å². The van der Waals surface area contributed by atoms with Gasteiger partial charge in [-0.2, -0.15) is 5.10 Å². The van der Waals surface area contributed by atoms with Crippen molar-refractivity contribution in [2.75, 3.05) is 11.4 Å². The van der Waals surface area contributed by atoms with Gasteiger partial charge in [-0.05, 0) is 37.3 Å². The van der Waals surface area contributed by atoms with Gasteiger partial charge in [-0.1, -0.05) is 0 Å². The van der Waals surface area contributed by atoms with Crippen LogP contribution < -0.4 is 10.5 Å². The number of carbonyl (C=O) groups is 1. The van der Waals surface area contributed by atoms with Gasteiger partial charge in [-0.15, -0.1) is 0 Å². The third-order valence-electron chi connectivity index (χ3n) is 2.60. The summed E-state index contributed by atoms with van der Waals surface area (Å²) in [7, 11) is 0. The lowest BCUT2D eigenvalue weighted by Crippen LogP contribution is -2.32. The van der Waals surface area contributed by atoms with Crippen molar-refractivity contribution in [3.05, 3.63) is 58.3 Å². The lowest BCUT2D eigenvalue weighted by molar-refractivity contribution is 0.0982. The van der Waals surface area contributed by atoms with Gasteiger partial charge in [-0.25, -0.2) is 9.49 Å². The van der Waals surface area contributed by atoms with Crippen LogP contribution in [0.5, 0.6) is 0 Å². The Labute approximate surface area is 108 Å². The van der Waals surface area contributed by atoms with E-state index in [0.29, 0.717) is 12.2 Å². The molecule has 2 aromatic rings. The SMILES string of the molecule is CCN(C(=O)c1ccc(=O)[nH]n1)c1ccc(F)cc1. The van der Waals surface area contributed by atoms with Crippen LogP contribution in [0.15, 0.2) is 41.2 Å². The zero-order chi connectivity index (χ0) is 13.8. The van der Waals surface area contributed by atoms with E-state index in [2.05, 4.69) is 10.2 Å². The molecule has 0 unspecified atom stereocenters. The van der Waals surface area contributed by atoms with Gasteiger partial charge in [0.1, 0.15) is 11.5 Å². The molecule has 5 nitrogen and oxygen atoms in total. The van der Waals surface area contributed by atoms with Crippen molar-refractivity contribution in [2.24, 2.45) is 0 Å². The Balaban J connectivity index is 2.31. The summed E-state index contributed by atoms with van der Waals surface area (Å²) in [6, 6.07) is 8.19. The molecule has 0 saturated carbocycles. The number of amides is 1. The fourth-order valence-corrected chi connectivity index (χ4v) is 1.67. The number of H-pyrrole nitrogens is 1. The van der Waals surface area contributed by atoms with Crippen LogP contribution in [-0.4, -0.2) is 22.6 Å². The predicted molar refractivity (Wildman–Crippen MR) is 68.6 cm³/mol. The van der Waals surface area contributed by atoms with E-state index in [1.807, 2.05) is 0 Å². The summed E-state index contributed by atoms with van der Waals surface area (Å²) in [6.07, 6.45) is 0. The monoisotopic (exact) mass is 261 g/mol. The van der Waals surface area contributed by atoms with Crippen molar-refractivity contribution in [3.63, 3.8) is 0 Å².